The van der Waals surface area contributed by atoms with Gasteiger partial charge in [-0.1, -0.05) is 0 Å². The number of hydrogen-bond acceptors (Lipinski definition) is 3. The van der Waals surface area contributed by atoms with Crippen LogP contribution in [0.1, 0.15) is 32.1 Å². The number of likely N-dealkylation sites (tertiary alicyclic amines) is 1. The molecule has 1 saturated heterocycles. The Morgan fingerprint density at radius 3 is 2.56 bits per heavy atom. The largest absolute Gasteiger partial charge is 0.340 e. The molecule has 1 aliphatic heterocycles. The van der Waals surface area contributed by atoms with E-state index in [1.54, 1.807) is 0 Å². The van der Waals surface area contributed by atoms with Crippen LogP contribution < -0.4 is 5.73 Å². The van der Waals surface area contributed by atoms with Gasteiger partial charge in [0, 0.05) is 19.1 Å². The van der Waals surface area contributed by atoms with Crippen LogP contribution in [0.25, 0.3) is 0 Å². The summed E-state index contributed by atoms with van der Waals surface area (Å²) in [6.07, 6.45) is 5.14. The highest BCUT2D eigenvalue weighted by molar-refractivity contribution is 5.87. The standard InChI is InChI=1S/C12H23N3O/c1-14(2)10-5-3-8-15(9-10)11(16)12(13)6-4-7-12/h10H,3-9,13H2,1-2H3. The molecule has 1 atom stereocenters. The van der Waals surface area contributed by atoms with Gasteiger partial charge in [0.2, 0.25) is 5.91 Å². The molecule has 92 valence electrons. The van der Waals surface area contributed by atoms with Crippen LogP contribution in [0, 0.1) is 0 Å². The molecule has 1 unspecified atom stereocenters. The van der Waals surface area contributed by atoms with Gasteiger partial charge in [0.1, 0.15) is 0 Å². The lowest BCUT2D eigenvalue weighted by Crippen LogP contribution is -2.62. The van der Waals surface area contributed by atoms with Crippen molar-refractivity contribution in [1.29, 1.82) is 0 Å². The van der Waals surface area contributed by atoms with Crippen molar-refractivity contribution < 1.29 is 4.79 Å². The van der Waals surface area contributed by atoms with Gasteiger partial charge < -0.3 is 15.5 Å². The minimum absolute atomic E-state index is 0.185. The Morgan fingerprint density at radius 1 is 1.38 bits per heavy atom. The summed E-state index contributed by atoms with van der Waals surface area (Å²) < 4.78 is 0. The highest BCUT2D eigenvalue weighted by Gasteiger charge is 2.43. The van der Waals surface area contributed by atoms with Crippen molar-refractivity contribution in [3.05, 3.63) is 0 Å². The lowest BCUT2D eigenvalue weighted by molar-refractivity contribution is -0.142. The summed E-state index contributed by atoms with van der Waals surface area (Å²) in [5.41, 5.74) is 5.57. The Bertz CT molecular complexity index is 273. The molecule has 2 fully saturated rings. The van der Waals surface area contributed by atoms with Crippen molar-refractivity contribution in [1.82, 2.24) is 9.80 Å². The van der Waals surface area contributed by atoms with E-state index in [0.29, 0.717) is 6.04 Å². The molecular formula is C12H23N3O. The maximum Gasteiger partial charge on any atom is 0.242 e. The van der Waals surface area contributed by atoms with E-state index in [1.807, 2.05) is 4.90 Å². The quantitative estimate of drug-likeness (QED) is 0.741. The fourth-order valence-corrected chi connectivity index (χ4v) is 2.65. The van der Waals surface area contributed by atoms with Crippen molar-refractivity contribution in [2.45, 2.75) is 43.7 Å². The van der Waals surface area contributed by atoms with Crippen LogP contribution in [0.4, 0.5) is 0 Å². The number of hydrogen-bond donors (Lipinski definition) is 1. The van der Waals surface area contributed by atoms with Crippen molar-refractivity contribution in [2.75, 3.05) is 27.2 Å². The Kier molecular flexibility index (Phi) is 3.22. The second-order valence-corrected chi connectivity index (χ2v) is 5.52. The molecule has 4 nitrogen and oxygen atoms in total. The van der Waals surface area contributed by atoms with Gasteiger partial charge >= 0.3 is 0 Å². The summed E-state index contributed by atoms with van der Waals surface area (Å²) in [4.78, 5) is 16.4. The maximum atomic E-state index is 12.3. The molecule has 4 heteroatoms. The average molecular weight is 225 g/mol. The summed E-state index contributed by atoms with van der Waals surface area (Å²) >= 11 is 0. The number of amides is 1. The van der Waals surface area contributed by atoms with E-state index in [0.717, 1.165) is 38.8 Å². The monoisotopic (exact) mass is 225 g/mol. The van der Waals surface area contributed by atoms with Crippen molar-refractivity contribution >= 4 is 5.91 Å². The second-order valence-electron chi connectivity index (χ2n) is 5.52. The summed E-state index contributed by atoms with van der Waals surface area (Å²) in [5, 5.41) is 0. The Hall–Kier alpha value is -0.610. The molecule has 1 saturated carbocycles. The van der Waals surface area contributed by atoms with E-state index in [9.17, 15) is 4.79 Å². The zero-order chi connectivity index (χ0) is 11.8. The number of nitrogens with zero attached hydrogens (tertiary/aromatic N) is 2. The zero-order valence-corrected chi connectivity index (χ0v) is 10.4. The molecule has 0 aromatic heterocycles. The van der Waals surface area contributed by atoms with Crippen LogP contribution in [-0.4, -0.2) is 54.5 Å². The summed E-state index contributed by atoms with van der Waals surface area (Å²) in [6.45, 7) is 1.74. The third-order valence-electron chi connectivity index (χ3n) is 4.09. The number of rotatable bonds is 2. The van der Waals surface area contributed by atoms with E-state index >= 15 is 0 Å². The fraction of sp³-hybridized carbons (Fsp3) is 0.917. The number of carbonyl (C=O) groups is 1. The molecule has 1 amide bonds. The molecule has 0 radical (unpaired) electrons. The first-order valence-corrected chi connectivity index (χ1v) is 6.28. The normalized spacial score (nSPS) is 29.0. The lowest BCUT2D eigenvalue weighted by atomic mass is 9.76. The van der Waals surface area contributed by atoms with Gasteiger partial charge in [0.05, 0.1) is 5.54 Å². The van der Waals surface area contributed by atoms with Crippen LogP contribution >= 0.6 is 0 Å². The van der Waals surface area contributed by atoms with Crippen LogP contribution in [-0.2, 0) is 4.79 Å². The number of likely N-dealkylation sites (N-methyl/N-ethyl adjacent to an activating group) is 1. The molecule has 2 N–H and O–H groups in total. The minimum atomic E-state index is -0.520. The first kappa shape index (κ1) is 11.9. The van der Waals surface area contributed by atoms with Gasteiger partial charge in [-0.05, 0) is 46.2 Å². The number of carbonyl (C=O) groups excluding carboxylic acids is 1. The topological polar surface area (TPSA) is 49.6 Å². The molecule has 1 aliphatic carbocycles. The van der Waals surface area contributed by atoms with Crippen LogP contribution in [0.2, 0.25) is 0 Å². The average Bonchev–Trinajstić information content (AvgIpc) is 2.25. The van der Waals surface area contributed by atoms with E-state index in [1.165, 1.54) is 6.42 Å². The predicted molar refractivity (Wildman–Crippen MR) is 64.1 cm³/mol. The van der Waals surface area contributed by atoms with Crippen LogP contribution in [0.5, 0.6) is 0 Å². The maximum absolute atomic E-state index is 12.3. The Morgan fingerprint density at radius 2 is 2.06 bits per heavy atom. The lowest BCUT2D eigenvalue weighted by Gasteiger charge is -2.44. The van der Waals surface area contributed by atoms with Gasteiger partial charge in [-0.25, -0.2) is 0 Å². The third kappa shape index (κ3) is 2.09. The van der Waals surface area contributed by atoms with Crippen LogP contribution in [0.3, 0.4) is 0 Å². The molecule has 0 bridgehead atoms. The highest BCUT2D eigenvalue weighted by atomic mass is 16.2. The summed E-state index contributed by atoms with van der Waals surface area (Å²) in [7, 11) is 4.17. The third-order valence-corrected chi connectivity index (χ3v) is 4.09. The van der Waals surface area contributed by atoms with Crippen molar-refractivity contribution in [3.63, 3.8) is 0 Å². The molecule has 0 aromatic carbocycles. The number of piperidine rings is 1. The second kappa shape index (κ2) is 4.34. The summed E-state index contributed by atoms with van der Waals surface area (Å²) in [6, 6.07) is 0.501. The Balaban J connectivity index is 1.96. The van der Waals surface area contributed by atoms with Gasteiger partial charge in [-0.3, -0.25) is 4.79 Å². The SMILES string of the molecule is CN(C)C1CCCN(C(=O)C2(N)CCC2)C1. The van der Waals surface area contributed by atoms with E-state index in [-0.39, 0.29) is 5.91 Å². The van der Waals surface area contributed by atoms with E-state index < -0.39 is 5.54 Å². The molecule has 2 rings (SSSR count). The van der Waals surface area contributed by atoms with E-state index in [4.69, 9.17) is 5.73 Å². The van der Waals surface area contributed by atoms with Crippen molar-refractivity contribution in [2.24, 2.45) is 5.73 Å². The van der Waals surface area contributed by atoms with Gasteiger partial charge in [0.25, 0.3) is 0 Å². The first-order valence-electron chi connectivity index (χ1n) is 6.28. The molecule has 1 heterocycles. The molecule has 0 aromatic rings. The van der Waals surface area contributed by atoms with Gasteiger partial charge in [0.15, 0.2) is 0 Å². The number of nitrogens with two attached hydrogens (primary N) is 1. The van der Waals surface area contributed by atoms with Crippen molar-refractivity contribution in [3.8, 4) is 0 Å². The first-order chi connectivity index (χ1) is 7.53. The summed E-state index contributed by atoms with van der Waals surface area (Å²) in [5.74, 6) is 0.185. The van der Waals surface area contributed by atoms with Gasteiger partial charge in [-0.2, -0.15) is 0 Å². The molecular weight excluding hydrogens is 202 g/mol. The fourth-order valence-electron chi connectivity index (χ4n) is 2.65. The Labute approximate surface area is 97.8 Å². The molecule has 16 heavy (non-hydrogen) atoms. The van der Waals surface area contributed by atoms with E-state index in [2.05, 4.69) is 19.0 Å². The molecule has 0 spiro atoms. The zero-order valence-electron chi connectivity index (χ0n) is 10.4. The smallest absolute Gasteiger partial charge is 0.242 e. The highest BCUT2D eigenvalue weighted by Crippen LogP contribution is 2.32. The molecule has 2 aliphatic rings. The van der Waals surface area contributed by atoms with Crippen LogP contribution in [0.15, 0.2) is 0 Å². The predicted octanol–water partition coefficient (Wildman–Crippen LogP) is 0.420. The minimum Gasteiger partial charge on any atom is -0.340 e. The van der Waals surface area contributed by atoms with Gasteiger partial charge in [-0.15, -0.1) is 0 Å².